The topological polar surface area (TPSA) is 60.4 Å². The van der Waals surface area contributed by atoms with E-state index in [2.05, 4.69) is 0 Å². The Morgan fingerprint density at radius 2 is 1.80 bits per heavy atom. The van der Waals surface area contributed by atoms with Gasteiger partial charge in [-0.15, -0.1) is 0 Å². The average molecular weight is 292 g/mol. The molecule has 5 heavy (non-hydrogen) atoms. The number of hydrogen-bond acceptors (Lipinski definition) is 2. The van der Waals surface area contributed by atoms with Crippen molar-refractivity contribution in [3.05, 3.63) is 0 Å². The van der Waals surface area contributed by atoms with Crippen LogP contribution in [0.5, 0.6) is 0 Å². The van der Waals surface area contributed by atoms with Gasteiger partial charge in [-0.3, -0.25) is 0 Å². The summed E-state index contributed by atoms with van der Waals surface area (Å²) in [4.78, 5) is 0. The van der Waals surface area contributed by atoms with Crippen molar-refractivity contribution in [1.82, 2.24) is 0 Å². The van der Waals surface area contributed by atoms with E-state index >= 15 is 0 Å². The van der Waals surface area contributed by atoms with E-state index in [0.717, 1.165) is 0 Å². The van der Waals surface area contributed by atoms with Crippen molar-refractivity contribution in [3.63, 3.8) is 0 Å². The Hall–Kier alpha value is 0.966. The molecule has 0 saturated heterocycles. The Morgan fingerprint density at radius 3 is 1.80 bits per heavy atom. The first-order chi connectivity index (χ1) is 1.73. The van der Waals surface area contributed by atoms with Crippen LogP contribution in [0.3, 0.4) is 0 Å². The second kappa shape index (κ2) is 4.97. The molecule has 0 fully saturated rings. The third kappa shape index (κ3) is 46.8. The van der Waals surface area contributed by atoms with Gasteiger partial charge in [0.1, 0.15) is 0 Å². The second-order valence-corrected chi connectivity index (χ2v) is 0.651. The summed E-state index contributed by atoms with van der Waals surface area (Å²) in [6.07, 6.45) is 0. The Bertz CT molecular complexity index is 29.9. The molecule has 0 bridgehead atoms. The molecule has 1 N–H and O–H groups in total. The van der Waals surface area contributed by atoms with Crippen molar-refractivity contribution in [2.75, 3.05) is 0 Å². The molecule has 3 nitrogen and oxygen atoms in total. The van der Waals surface area contributed by atoms with Crippen LogP contribution in [0, 0.1) is 0 Å². The van der Waals surface area contributed by atoms with Crippen molar-refractivity contribution in [2.45, 2.75) is 0 Å². The van der Waals surface area contributed by atoms with Gasteiger partial charge in [-0.2, -0.15) is 0 Å². The summed E-state index contributed by atoms with van der Waals surface area (Å²) in [6.45, 7) is 0. The molecular formula is H3O3PoS-. The van der Waals surface area contributed by atoms with Crippen molar-refractivity contribution >= 4 is 37.9 Å². The van der Waals surface area contributed by atoms with Crippen molar-refractivity contribution in [3.8, 4) is 0 Å². The van der Waals surface area contributed by atoms with Gasteiger partial charge in [0.2, 0.25) is 0 Å². The molecule has 0 spiro atoms. The van der Waals surface area contributed by atoms with Crippen LogP contribution in [0.2, 0.25) is 0 Å². The van der Waals surface area contributed by atoms with Crippen molar-refractivity contribution < 1.29 is 13.3 Å². The summed E-state index contributed by atoms with van der Waals surface area (Å²) in [6, 6.07) is 0. The van der Waals surface area contributed by atoms with E-state index < -0.39 is 11.4 Å². The molecular weight excluding hydrogens is 289 g/mol. The normalized spacial score (nSPS) is 12.4. The first kappa shape index (κ1) is 9.35. The van der Waals surface area contributed by atoms with Crippen LogP contribution in [0.1, 0.15) is 0 Å². The van der Waals surface area contributed by atoms with E-state index in [1.54, 1.807) is 0 Å². The summed E-state index contributed by atoms with van der Waals surface area (Å²) in [7, 11) is 0. The van der Waals surface area contributed by atoms with Gasteiger partial charge in [-0.05, 0) is 0 Å². The zero-order valence-electron chi connectivity index (χ0n) is 2.17. The fourth-order valence-corrected chi connectivity index (χ4v) is 0. The summed E-state index contributed by atoms with van der Waals surface area (Å²) < 4.78 is 24.1. The van der Waals surface area contributed by atoms with Gasteiger partial charge in [-0.1, -0.05) is 0 Å². The molecule has 0 aromatic heterocycles. The van der Waals surface area contributed by atoms with Crippen LogP contribution in [0.15, 0.2) is 0 Å². The van der Waals surface area contributed by atoms with Crippen LogP contribution >= 0.6 is 0 Å². The number of hydrogen-bond donors (Lipinski definition) is 1. The van der Waals surface area contributed by atoms with Gasteiger partial charge < -0.3 is 9.11 Å². The third-order valence-corrected chi connectivity index (χ3v) is 0. The first-order valence-electron chi connectivity index (χ1n) is 0.516. The van der Waals surface area contributed by atoms with E-state index in [1.807, 2.05) is 0 Å². The van der Waals surface area contributed by atoms with Gasteiger partial charge in [0.15, 0.2) is 0 Å². The fraction of sp³-hybridized carbons (Fsp3) is 0. The van der Waals surface area contributed by atoms with Crippen LogP contribution in [-0.4, -0.2) is 39.9 Å². The van der Waals surface area contributed by atoms with Gasteiger partial charge in [0.05, 0.1) is 11.4 Å². The summed E-state index contributed by atoms with van der Waals surface area (Å²) in [5, 5.41) is 0. The Balaban J connectivity index is 0. The predicted molar refractivity (Wildman–Crippen MR) is 20.1 cm³/mol. The molecule has 1 unspecified atom stereocenters. The van der Waals surface area contributed by atoms with E-state index in [4.69, 9.17) is 13.3 Å². The molecule has 0 aromatic rings. The molecule has 0 aliphatic carbocycles. The minimum absolute atomic E-state index is 0. The molecule has 34 valence electrons. The van der Waals surface area contributed by atoms with Crippen LogP contribution in [0.4, 0.5) is 0 Å². The van der Waals surface area contributed by atoms with Gasteiger partial charge in [0.25, 0.3) is 0 Å². The molecule has 0 saturated carbocycles. The maximum absolute atomic E-state index is 8.56. The molecule has 0 aliphatic heterocycles. The first-order valence-corrected chi connectivity index (χ1v) is 1.55. The van der Waals surface area contributed by atoms with E-state index in [0.29, 0.717) is 0 Å². The van der Waals surface area contributed by atoms with Gasteiger partial charge >= 0.3 is 26.6 Å². The zero-order valence-corrected chi connectivity index (χ0v) is 6.88. The fourth-order valence-electron chi connectivity index (χ4n) is 0. The van der Waals surface area contributed by atoms with Crippen molar-refractivity contribution in [2.24, 2.45) is 0 Å². The molecule has 5 heteroatoms. The molecule has 0 rings (SSSR count). The summed E-state index contributed by atoms with van der Waals surface area (Å²) >= 11 is -2.86. The predicted octanol–water partition coefficient (Wildman–Crippen LogP) is -1.58. The zero-order chi connectivity index (χ0) is 3.58. The molecule has 0 aliphatic rings. The molecule has 0 amide bonds. The average Bonchev–Trinajstić information content (AvgIpc) is 0.811. The van der Waals surface area contributed by atoms with E-state index in [9.17, 15) is 0 Å². The van der Waals surface area contributed by atoms with Gasteiger partial charge in [-0.25, -0.2) is 4.21 Å². The quantitative estimate of drug-likeness (QED) is 0.548. The Labute approximate surface area is 51.3 Å². The van der Waals surface area contributed by atoms with Crippen molar-refractivity contribution in [1.29, 1.82) is 0 Å². The Kier molecular flexibility index (Phi) is 9.29. The maximum atomic E-state index is 8.56. The second-order valence-electron chi connectivity index (χ2n) is 0.217. The molecule has 0 radical (unpaired) electrons. The molecule has 0 heterocycles. The summed E-state index contributed by atoms with van der Waals surface area (Å²) in [5.74, 6) is 0. The van der Waals surface area contributed by atoms with Gasteiger partial charge in [0, 0.05) is 0 Å². The van der Waals surface area contributed by atoms with E-state index in [1.165, 1.54) is 0 Å². The number of rotatable bonds is 0. The van der Waals surface area contributed by atoms with E-state index in [-0.39, 0.29) is 26.6 Å². The minimum atomic E-state index is -2.86. The SMILES string of the molecule is O=S([O-])O.[PoH2]. The van der Waals surface area contributed by atoms with Crippen LogP contribution < -0.4 is 0 Å². The van der Waals surface area contributed by atoms with Crippen LogP contribution in [0.25, 0.3) is 0 Å². The summed E-state index contributed by atoms with van der Waals surface area (Å²) in [5.41, 5.74) is 0. The standard InChI is InChI=1S/H2O3S.Po.2H/c1-4(2)3;;;/h(H2,1,2,3);;;/p-1. The Morgan fingerprint density at radius 1 is 1.80 bits per heavy atom. The molecule has 0 aromatic carbocycles. The monoisotopic (exact) mass is 292 g/mol. The third-order valence-electron chi connectivity index (χ3n) is 0. The van der Waals surface area contributed by atoms with Crippen LogP contribution in [-0.2, 0) is 11.4 Å². The molecule has 1 atom stereocenters.